The monoisotopic (exact) mass is 548 g/mol. The van der Waals surface area contributed by atoms with Gasteiger partial charge >= 0.3 is 0 Å². The normalized spacial score (nSPS) is 12.3. The molecule has 3 rings (SSSR count). The van der Waals surface area contributed by atoms with Crippen molar-refractivity contribution in [3.05, 3.63) is 69.2 Å². The summed E-state index contributed by atoms with van der Waals surface area (Å²) in [6.07, 6.45) is 4.83. The second-order valence-electron chi connectivity index (χ2n) is 9.87. The quantitative estimate of drug-likeness (QED) is 0.0827. The zero-order chi connectivity index (χ0) is 28.4. The summed E-state index contributed by atoms with van der Waals surface area (Å²) in [4.78, 5) is 27.9. The summed E-state index contributed by atoms with van der Waals surface area (Å²) in [6.45, 7) is 4.30. The number of nitrogens with two attached hydrogens (primary N) is 1. The number of benzene rings is 2. The number of nitrogens with one attached hydrogen (secondary N) is 2. The fourth-order valence-corrected chi connectivity index (χ4v) is 5.37. The van der Waals surface area contributed by atoms with E-state index in [4.69, 9.17) is 5.73 Å². The topological polar surface area (TPSA) is 133 Å². The Balaban J connectivity index is 2.04. The zero-order valence-electron chi connectivity index (χ0n) is 22.3. The molecule has 0 saturated heterocycles. The van der Waals surface area contributed by atoms with Crippen molar-refractivity contribution in [1.82, 2.24) is 10.6 Å². The second-order valence-corrected chi connectivity index (χ2v) is 11.0. The van der Waals surface area contributed by atoms with Crippen LogP contribution in [0.5, 0.6) is 0 Å². The number of carbonyl (C=O) groups is 1. The Morgan fingerprint density at radius 2 is 1.97 bits per heavy atom. The van der Waals surface area contributed by atoms with Gasteiger partial charge in [-0.05, 0) is 81.6 Å². The van der Waals surface area contributed by atoms with Crippen molar-refractivity contribution in [2.45, 2.75) is 44.7 Å². The molecule has 204 valence electrons. The Hall–Kier alpha value is -3.94. The molecule has 1 unspecified atom stereocenters. The van der Waals surface area contributed by atoms with Crippen LogP contribution in [0.3, 0.4) is 0 Å². The number of aliphatic imine (C=N–C) groups is 1. The van der Waals surface area contributed by atoms with Gasteiger partial charge in [-0.2, -0.15) is 10.2 Å². The fourth-order valence-electron chi connectivity index (χ4n) is 4.12. The number of hydrogen-bond acceptors (Lipinski definition) is 8. The zero-order valence-corrected chi connectivity index (χ0v) is 23.1. The molecule has 1 aromatic heterocycles. The molecule has 0 spiro atoms. The van der Waals surface area contributed by atoms with Crippen LogP contribution in [0.4, 0.5) is 10.1 Å². The average molecular weight is 549 g/mol. The van der Waals surface area contributed by atoms with E-state index in [0.717, 1.165) is 40.1 Å². The molecule has 1 amide bonds. The van der Waals surface area contributed by atoms with Gasteiger partial charge in [0, 0.05) is 45.4 Å². The summed E-state index contributed by atoms with van der Waals surface area (Å²) in [6, 6.07) is 14.4. The Kier molecular flexibility index (Phi) is 10.4. The van der Waals surface area contributed by atoms with Gasteiger partial charge in [0.2, 0.25) is 6.41 Å². The van der Waals surface area contributed by atoms with Crippen LogP contribution in [-0.2, 0) is 11.2 Å². The van der Waals surface area contributed by atoms with Gasteiger partial charge in [0.25, 0.3) is 0 Å². The molecule has 1 heterocycles. The SMILES string of the molecule is CNC(CCCNC=O)Cc1cc(-c2ccc(C#N)c(F)c2)c(-c2ccc(N)c(C=NC(C)(C)CN=O)c2)s1. The summed E-state index contributed by atoms with van der Waals surface area (Å²) in [5, 5.41) is 18.2. The van der Waals surface area contributed by atoms with Crippen LogP contribution in [0, 0.1) is 22.1 Å². The number of likely N-dealkylation sites (N-methyl/N-ethyl adjacent to an activating group) is 1. The number of nitrogen functional groups attached to an aromatic ring is 1. The number of nitriles is 1. The van der Waals surface area contributed by atoms with Crippen molar-refractivity contribution in [2.24, 2.45) is 10.2 Å². The molecular weight excluding hydrogens is 515 g/mol. The van der Waals surface area contributed by atoms with E-state index in [1.807, 2.05) is 39.1 Å². The highest BCUT2D eigenvalue weighted by atomic mass is 32.1. The molecule has 8 nitrogen and oxygen atoms in total. The van der Waals surface area contributed by atoms with Gasteiger partial charge in [-0.15, -0.1) is 11.3 Å². The fraction of sp³-hybridized carbons (Fsp3) is 0.345. The van der Waals surface area contributed by atoms with Gasteiger partial charge in [-0.1, -0.05) is 17.3 Å². The van der Waals surface area contributed by atoms with Crippen molar-refractivity contribution < 1.29 is 9.18 Å². The number of thiophene rings is 1. The second kappa shape index (κ2) is 13.7. The van der Waals surface area contributed by atoms with Gasteiger partial charge in [-0.3, -0.25) is 9.79 Å². The standard InChI is InChI=1S/C29H33FN6O2S/c1-29(2,17-36-38)35-16-22-11-20(8-9-27(22)32)28-25(19-6-7-21(15-31)26(30)12-19)14-24(39-28)13-23(33-3)5-4-10-34-18-37/h6-9,11-12,14,16,18,23,33H,4-5,10,13,17,32H2,1-3H3,(H,34,37). The van der Waals surface area contributed by atoms with Crippen LogP contribution in [0.1, 0.15) is 42.7 Å². The first kappa shape index (κ1) is 29.6. The molecule has 39 heavy (non-hydrogen) atoms. The number of halogens is 1. The third-order valence-electron chi connectivity index (χ3n) is 6.35. The molecular formula is C29H33FN6O2S. The maximum Gasteiger partial charge on any atom is 0.207 e. The van der Waals surface area contributed by atoms with Gasteiger partial charge in [0.15, 0.2) is 0 Å². The van der Waals surface area contributed by atoms with E-state index >= 15 is 0 Å². The lowest BCUT2D eigenvalue weighted by Crippen LogP contribution is -2.28. The number of rotatable bonds is 14. The first-order valence-corrected chi connectivity index (χ1v) is 13.4. The number of anilines is 1. The average Bonchev–Trinajstić information content (AvgIpc) is 3.33. The van der Waals surface area contributed by atoms with Gasteiger partial charge in [0.05, 0.1) is 11.1 Å². The van der Waals surface area contributed by atoms with Crippen molar-refractivity contribution in [1.29, 1.82) is 5.26 Å². The molecule has 3 aromatic rings. The molecule has 0 aliphatic carbocycles. The maximum absolute atomic E-state index is 14.6. The number of nitrogens with zero attached hydrogens (tertiary/aromatic N) is 3. The molecule has 10 heteroatoms. The lowest BCUT2D eigenvalue weighted by atomic mass is 9.98. The van der Waals surface area contributed by atoms with E-state index in [-0.39, 0.29) is 18.2 Å². The van der Waals surface area contributed by atoms with Gasteiger partial charge in [-0.25, -0.2) is 4.39 Å². The summed E-state index contributed by atoms with van der Waals surface area (Å²) in [5.74, 6) is -0.569. The highest BCUT2D eigenvalue weighted by Gasteiger charge is 2.19. The number of amides is 1. The highest BCUT2D eigenvalue weighted by Crippen LogP contribution is 2.41. The summed E-state index contributed by atoms with van der Waals surface area (Å²) in [5.41, 5.74) is 9.24. The van der Waals surface area contributed by atoms with Crippen molar-refractivity contribution in [3.63, 3.8) is 0 Å². The minimum atomic E-state index is -0.658. The van der Waals surface area contributed by atoms with E-state index in [1.54, 1.807) is 29.7 Å². The minimum absolute atomic E-state index is 0.00616. The predicted molar refractivity (Wildman–Crippen MR) is 156 cm³/mol. The smallest absolute Gasteiger partial charge is 0.207 e. The highest BCUT2D eigenvalue weighted by molar-refractivity contribution is 7.16. The maximum atomic E-state index is 14.6. The Bertz CT molecular complexity index is 1380. The minimum Gasteiger partial charge on any atom is -0.398 e. The summed E-state index contributed by atoms with van der Waals surface area (Å²) < 4.78 is 14.6. The van der Waals surface area contributed by atoms with Crippen LogP contribution in [-0.4, -0.2) is 44.3 Å². The molecule has 0 saturated carbocycles. The van der Waals surface area contributed by atoms with Crippen molar-refractivity contribution in [2.75, 3.05) is 25.9 Å². The van der Waals surface area contributed by atoms with Crippen LogP contribution in [0.2, 0.25) is 0 Å². The first-order valence-electron chi connectivity index (χ1n) is 12.6. The van der Waals surface area contributed by atoms with Crippen molar-refractivity contribution >= 4 is 29.6 Å². The predicted octanol–water partition coefficient (Wildman–Crippen LogP) is 5.30. The largest absolute Gasteiger partial charge is 0.398 e. The Morgan fingerprint density at radius 3 is 2.64 bits per heavy atom. The number of carbonyl (C=O) groups excluding carboxylic acids is 1. The molecule has 0 aliphatic rings. The molecule has 1 atom stereocenters. The van der Waals surface area contributed by atoms with Crippen molar-refractivity contribution in [3.8, 4) is 27.6 Å². The van der Waals surface area contributed by atoms with Crippen LogP contribution >= 0.6 is 11.3 Å². The number of nitroso groups, excluding NO2 is 1. The lowest BCUT2D eigenvalue weighted by molar-refractivity contribution is -0.109. The van der Waals surface area contributed by atoms with E-state index < -0.39 is 11.4 Å². The third-order valence-corrected chi connectivity index (χ3v) is 7.56. The van der Waals surface area contributed by atoms with E-state index in [1.165, 1.54) is 12.1 Å². The Morgan fingerprint density at radius 1 is 1.21 bits per heavy atom. The van der Waals surface area contributed by atoms with E-state index in [9.17, 15) is 19.4 Å². The summed E-state index contributed by atoms with van der Waals surface area (Å²) in [7, 11) is 1.91. The van der Waals surface area contributed by atoms with Crippen LogP contribution in [0.25, 0.3) is 21.6 Å². The van der Waals surface area contributed by atoms with Gasteiger partial charge in [0.1, 0.15) is 18.4 Å². The van der Waals surface area contributed by atoms with Gasteiger partial charge < -0.3 is 16.4 Å². The van der Waals surface area contributed by atoms with E-state index in [2.05, 4.69) is 26.9 Å². The molecule has 0 radical (unpaired) electrons. The molecule has 2 aromatic carbocycles. The summed E-state index contributed by atoms with van der Waals surface area (Å²) >= 11 is 1.62. The lowest BCUT2D eigenvalue weighted by Gasteiger charge is -2.15. The molecule has 0 fully saturated rings. The number of hydrogen-bond donors (Lipinski definition) is 3. The Labute approximate surface area is 232 Å². The first-order chi connectivity index (χ1) is 18.7. The van der Waals surface area contributed by atoms with E-state index in [0.29, 0.717) is 29.8 Å². The molecule has 0 aliphatic heterocycles. The van der Waals surface area contributed by atoms with Crippen LogP contribution < -0.4 is 16.4 Å². The van der Waals surface area contributed by atoms with Crippen LogP contribution in [0.15, 0.2) is 52.6 Å². The molecule has 0 bridgehead atoms. The molecule has 4 N–H and O–H groups in total. The third kappa shape index (κ3) is 8.02.